The zero-order valence-electron chi connectivity index (χ0n) is 19.2. The third-order valence-electron chi connectivity index (χ3n) is 6.52. The Balaban J connectivity index is 1.27. The molecule has 1 unspecified atom stereocenters. The van der Waals surface area contributed by atoms with Crippen LogP contribution in [0.4, 0.5) is 18.9 Å². The van der Waals surface area contributed by atoms with Gasteiger partial charge >= 0.3 is 6.18 Å². The minimum absolute atomic E-state index is 0.00713. The lowest BCUT2D eigenvalue weighted by Gasteiger charge is -2.31. The number of carbonyl (C=O) groups excluding carboxylic acids is 1. The van der Waals surface area contributed by atoms with Crippen molar-refractivity contribution >= 4 is 40.5 Å². The zero-order valence-corrected chi connectivity index (χ0v) is 20.7. The molecule has 0 aromatic heterocycles. The molecule has 0 radical (unpaired) electrons. The van der Waals surface area contributed by atoms with Gasteiger partial charge in [0, 0.05) is 23.2 Å². The largest absolute Gasteiger partial charge is 0.416 e. The van der Waals surface area contributed by atoms with Crippen molar-refractivity contribution in [3.8, 4) is 0 Å². The van der Waals surface area contributed by atoms with E-state index in [4.69, 9.17) is 23.2 Å². The van der Waals surface area contributed by atoms with E-state index in [0.29, 0.717) is 10.9 Å². The third kappa shape index (κ3) is 6.48. The van der Waals surface area contributed by atoms with Gasteiger partial charge in [0.25, 0.3) is 5.91 Å². The van der Waals surface area contributed by atoms with Crippen molar-refractivity contribution in [2.24, 2.45) is 11.0 Å². The van der Waals surface area contributed by atoms with E-state index >= 15 is 0 Å². The monoisotopic (exact) mass is 526 g/mol. The second kappa shape index (κ2) is 10.8. The van der Waals surface area contributed by atoms with E-state index in [1.54, 1.807) is 0 Å². The molecule has 1 amide bonds. The van der Waals surface area contributed by atoms with Crippen molar-refractivity contribution in [1.29, 1.82) is 0 Å². The van der Waals surface area contributed by atoms with Crippen LogP contribution in [-0.2, 0) is 6.18 Å². The molecule has 2 N–H and O–H groups in total. The number of carbonyl (C=O) groups is 1. The molecule has 35 heavy (non-hydrogen) atoms. The number of benzene rings is 2. The number of alkyl halides is 3. The van der Waals surface area contributed by atoms with Crippen LogP contribution in [0.15, 0.2) is 47.6 Å². The third-order valence-corrected chi connectivity index (χ3v) is 7.10. The second-order valence-corrected chi connectivity index (χ2v) is 10.0. The quantitative estimate of drug-likeness (QED) is 0.451. The van der Waals surface area contributed by atoms with Crippen LogP contribution in [0, 0.1) is 5.92 Å². The van der Waals surface area contributed by atoms with Crippen molar-refractivity contribution in [3.63, 3.8) is 0 Å². The Kier molecular flexibility index (Phi) is 7.93. The number of anilines is 1. The van der Waals surface area contributed by atoms with Gasteiger partial charge in [0.05, 0.1) is 21.8 Å². The predicted octanol–water partition coefficient (Wildman–Crippen LogP) is 6.50. The Morgan fingerprint density at radius 2 is 1.77 bits per heavy atom. The first-order valence-electron chi connectivity index (χ1n) is 11.6. The minimum atomic E-state index is -4.53. The number of halogens is 5. The van der Waals surface area contributed by atoms with Gasteiger partial charge in [0.15, 0.2) is 0 Å². The number of hydrazone groups is 1. The molecule has 2 aromatic carbocycles. The summed E-state index contributed by atoms with van der Waals surface area (Å²) < 4.78 is 39.0. The van der Waals surface area contributed by atoms with E-state index in [-0.39, 0.29) is 22.8 Å². The van der Waals surface area contributed by atoms with E-state index in [1.807, 2.05) is 36.2 Å². The first-order valence-corrected chi connectivity index (χ1v) is 12.4. The van der Waals surface area contributed by atoms with Crippen LogP contribution in [0.25, 0.3) is 0 Å². The molecular weight excluding hydrogens is 500 g/mol. The number of nitrogens with one attached hydrogen (secondary N) is 2. The van der Waals surface area contributed by atoms with Crippen LogP contribution in [0.5, 0.6) is 0 Å². The number of nitrogens with zero attached hydrogens (tertiary/aromatic N) is 2. The van der Waals surface area contributed by atoms with Gasteiger partial charge in [-0.15, -0.1) is 0 Å². The molecule has 188 valence electrons. The van der Waals surface area contributed by atoms with Crippen LogP contribution < -0.4 is 15.6 Å². The highest BCUT2D eigenvalue weighted by atomic mass is 35.5. The molecule has 1 atom stereocenters. The summed E-state index contributed by atoms with van der Waals surface area (Å²) in [4.78, 5) is 12.6. The van der Waals surface area contributed by atoms with Crippen LogP contribution in [0.2, 0.25) is 10.0 Å². The Bertz CT molecular complexity index is 1080. The molecule has 1 heterocycles. The first-order chi connectivity index (χ1) is 16.6. The molecule has 0 saturated heterocycles. The smallest absolute Gasteiger partial charge is 0.349 e. The van der Waals surface area contributed by atoms with E-state index in [0.717, 1.165) is 68.2 Å². The zero-order chi connectivity index (χ0) is 25.2. The standard InChI is InChI=1S/C25H27Cl2F3N4O/c1-15-12-23(34(33-15)20-9-5-18(26)6-10-20)31-14-16-2-7-19(8-3-16)32-24(35)21-13-17(25(28,29)30)4-11-22(21)27/h4-6,9-11,13,16,19,23,31H,2-3,7-8,12,14H2,1H3,(H,32,35). The second-order valence-electron chi connectivity index (χ2n) is 9.17. The number of rotatable bonds is 6. The summed E-state index contributed by atoms with van der Waals surface area (Å²) >= 11 is 12.0. The van der Waals surface area contributed by atoms with Gasteiger partial charge < -0.3 is 5.32 Å². The van der Waals surface area contributed by atoms with Crippen molar-refractivity contribution < 1.29 is 18.0 Å². The van der Waals surface area contributed by atoms with Gasteiger partial charge in [-0.2, -0.15) is 18.3 Å². The van der Waals surface area contributed by atoms with Crippen LogP contribution >= 0.6 is 23.2 Å². The maximum Gasteiger partial charge on any atom is 0.416 e. The minimum Gasteiger partial charge on any atom is -0.349 e. The highest BCUT2D eigenvalue weighted by Gasteiger charge is 2.32. The predicted molar refractivity (Wildman–Crippen MR) is 133 cm³/mol. The van der Waals surface area contributed by atoms with E-state index in [2.05, 4.69) is 15.7 Å². The fourth-order valence-electron chi connectivity index (χ4n) is 4.60. The number of hydrogen-bond donors (Lipinski definition) is 2. The Labute approximate surface area is 212 Å². The summed E-state index contributed by atoms with van der Waals surface area (Å²) in [6.07, 6.45) is -0.311. The van der Waals surface area contributed by atoms with Gasteiger partial charge in [0.2, 0.25) is 0 Å². The highest BCUT2D eigenvalue weighted by molar-refractivity contribution is 6.33. The van der Waals surface area contributed by atoms with E-state index in [1.165, 1.54) is 0 Å². The molecule has 5 nitrogen and oxygen atoms in total. The van der Waals surface area contributed by atoms with Gasteiger partial charge in [-0.25, -0.2) is 5.01 Å². The summed E-state index contributed by atoms with van der Waals surface area (Å²) in [5.74, 6) is -0.131. The SMILES string of the molecule is CC1=NN(c2ccc(Cl)cc2)C(NCC2CCC(NC(=O)c3cc(C(F)(F)F)ccc3Cl)CC2)C1. The van der Waals surface area contributed by atoms with Gasteiger partial charge in [0.1, 0.15) is 6.17 Å². The molecule has 4 rings (SSSR count). The van der Waals surface area contributed by atoms with Gasteiger partial charge in [-0.1, -0.05) is 23.2 Å². The average Bonchev–Trinajstić information content (AvgIpc) is 3.19. The van der Waals surface area contributed by atoms with Crippen molar-refractivity contribution in [1.82, 2.24) is 10.6 Å². The lowest BCUT2D eigenvalue weighted by atomic mass is 9.85. The fourth-order valence-corrected chi connectivity index (χ4v) is 4.93. The lowest BCUT2D eigenvalue weighted by Crippen LogP contribution is -2.44. The molecule has 1 saturated carbocycles. The summed E-state index contributed by atoms with van der Waals surface area (Å²) in [6, 6.07) is 10.3. The molecule has 0 bridgehead atoms. The van der Waals surface area contributed by atoms with Crippen LogP contribution in [-0.4, -0.2) is 30.4 Å². The van der Waals surface area contributed by atoms with Gasteiger partial charge in [-0.05, 0) is 87.5 Å². The Hall–Kier alpha value is -2.29. The molecule has 10 heteroatoms. The summed E-state index contributed by atoms with van der Waals surface area (Å²) in [7, 11) is 0. The molecule has 1 aliphatic carbocycles. The highest BCUT2D eigenvalue weighted by Crippen LogP contribution is 2.32. The molecule has 1 fully saturated rings. The maximum absolute atomic E-state index is 13.0. The molecule has 2 aliphatic rings. The first kappa shape index (κ1) is 25.8. The van der Waals surface area contributed by atoms with Crippen LogP contribution in [0.3, 0.4) is 0 Å². The van der Waals surface area contributed by atoms with E-state index in [9.17, 15) is 18.0 Å². The number of hydrogen-bond acceptors (Lipinski definition) is 4. The Morgan fingerprint density at radius 3 is 2.43 bits per heavy atom. The molecule has 0 spiro atoms. The summed E-state index contributed by atoms with van der Waals surface area (Å²) in [5, 5.41) is 13.8. The summed E-state index contributed by atoms with van der Waals surface area (Å²) in [6.45, 7) is 2.83. The fraction of sp³-hybridized carbons (Fsp3) is 0.440. The average molecular weight is 527 g/mol. The topological polar surface area (TPSA) is 56.7 Å². The lowest BCUT2D eigenvalue weighted by molar-refractivity contribution is -0.137. The summed E-state index contributed by atoms with van der Waals surface area (Å²) in [5.41, 5.74) is 0.991. The molecule has 1 aliphatic heterocycles. The molecular formula is C25H27Cl2F3N4O. The van der Waals surface area contributed by atoms with Crippen molar-refractivity contribution in [2.45, 2.75) is 57.4 Å². The maximum atomic E-state index is 13.0. The Morgan fingerprint density at radius 1 is 1.09 bits per heavy atom. The van der Waals surface area contributed by atoms with Crippen molar-refractivity contribution in [2.75, 3.05) is 11.6 Å². The van der Waals surface area contributed by atoms with Crippen molar-refractivity contribution in [3.05, 3.63) is 63.6 Å². The number of amides is 1. The van der Waals surface area contributed by atoms with E-state index < -0.39 is 17.6 Å². The van der Waals surface area contributed by atoms with Gasteiger partial charge in [-0.3, -0.25) is 10.1 Å². The normalized spacial score (nSPS) is 22.7. The molecule has 2 aromatic rings. The van der Waals surface area contributed by atoms with Crippen LogP contribution in [0.1, 0.15) is 54.9 Å².